The molecule has 3 amide bonds. The molecular weight excluding hydrogens is 458 g/mol. The fourth-order valence-electron chi connectivity index (χ4n) is 5.34. The summed E-state index contributed by atoms with van der Waals surface area (Å²) in [5, 5.41) is 16.9. The maximum atomic E-state index is 13.7. The number of anilines is 1. The molecule has 2 aliphatic carbocycles. The van der Waals surface area contributed by atoms with Crippen LogP contribution in [-0.4, -0.2) is 53.7 Å². The molecule has 3 fully saturated rings. The second kappa shape index (κ2) is 10.8. The molecule has 4 rings (SSSR count). The van der Waals surface area contributed by atoms with E-state index in [-0.39, 0.29) is 41.1 Å². The number of amides is 3. The zero-order chi connectivity index (χ0) is 24.2. The summed E-state index contributed by atoms with van der Waals surface area (Å²) in [5.74, 6) is -0.566. The Bertz CT molecular complexity index is 918. The van der Waals surface area contributed by atoms with Crippen LogP contribution in [0.4, 0.5) is 10.5 Å². The first-order chi connectivity index (χ1) is 16.3. The van der Waals surface area contributed by atoms with Crippen molar-refractivity contribution < 1.29 is 29.0 Å². The first kappa shape index (κ1) is 24.5. The van der Waals surface area contributed by atoms with Crippen molar-refractivity contribution in [2.45, 2.75) is 82.9 Å². The predicted octanol–water partition coefficient (Wildman–Crippen LogP) is 3.53. The van der Waals surface area contributed by atoms with E-state index in [4.69, 9.17) is 4.74 Å². The number of nitrogens with one attached hydrogen (secondary N) is 2. The third-order valence-corrected chi connectivity index (χ3v) is 8.19. The van der Waals surface area contributed by atoms with E-state index < -0.39 is 18.2 Å². The Morgan fingerprint density at radius 2 is 1.82 bits per heavy atom. The van der Waals surface area contributed by atoms with Crippen molar-refractivity contribution in [3.05, 3.63) is 16.3 Å². The molecular formula is C24H33N3O6S. The number of carbonyl (C=O) groups excluding carboxylic acids is 3. The highest BCUT2D eigenvalue weighted by Gasteiger charge is 2.37. The number of carbonyl (C=O) groups is 4. The molecule has 1 aromatic heterocycles. The molecule has 9 nitrogen and oxygen atoms in total. The normalized spacial score (nSPS) is 29.2. The van der Waals surface area contributed by atoms with Crippen molar-refractivity contribution in [2.24, 2.45) is 11.8 Å². The number of nitrogens with zero attached hydrogens (tertiary/aromatic N) is 1. The number of carboxylic acid groups (broad SMARTS) is 1. The van der Waals surface area contributed by atoms with Crippen LogP contribution in [0.2, 0.25) is 0 Å². The molecule has 0 aromatic carbocycles. The lowest BCUT2D eigenvalue weighted by Gasteiger charge is -2.39. The molecule has 2 heterocycles. The van der Waals surface area contributed by atoms with Gasteiger partial charge in [-0.05, 0) is 68.7 Å². The Labute approximate surface area is 203 Å². The number of alkyl carbamates (subject to hydrolysis) is 1. The lowest BCUT2D eigenvalue weighted by Crippen LogP contribution is -2.49. The van der Waals surface area contributed by atoms with Crippen LogP contribution in [0, 0.1) is 11.8 Å². The van der Waals surface area contributed by atoms with E-state index in [2.05, 4.69) is 17.6 Å². The number of thiophene rings is 1. The van der Waals surface area contributed by atoms with Crippen LogP contribution in [0.1, 0.15) is 74.4 Å². The molecule has 34 heavy (non-hydrogen) atoms. The minimum absolute atomic E-state index is 0.0296. The van der Waals surface area contributed by atoms with Crippen LogP contribution < -0.4 is 15.5 Å². The second-order valence-corrected chi connectivity index (χ2v) is 10.7. The van der Waals surface area contributed by atoms with Gasteiger partial charge in [0.05, 0.1) is 18.7 Å². The highest BCUT2D eigenvalue weighted by Crippen LogP contribution is 2.37. The van der Waals surface area contributed by atoms with Crippen molar-refractivity contribution in [1.29, 1.82) is 0 Å². The van der Waals surface area contributed by atoms with Crippen LogP contribution in [0.15, 0.2) is 11.4 Å². The van der Waals surface area contributed by atoms with Gasteiger partial charge in [0.15, 0.2) is 0 Å². The Morgan fingerprint density at radius 3 is 2.44 bits per heavy atom. The summed E-state index contributed by atoms with van der Waals surface area (Å²) in [6.45, 7) is 2.54. The van der Waals surface area contributed by atoms with E-state index in [1.165, 1.54) is 0 Å². The zero-order valence-electron chi connectivity index (χ0n) is 19.5. The fourth-order valence-corrected chi connectivity index (χ4v) is 6.06. The summed E-state index contributed by atoms with van der Waals surface area (Å²) < 4.78 is 5.32. The lowest BCUT2D eigenvalue weighted by molar-refractivity contribution is -0.124. The standard InChI is InChI=1S/C24H33N3O6S/c1-14-2-4-15(5-3-14)22(29)27(19-10-11-34-21(19)23(30)31)17-8-6-16(7-9-17)26-24(32)33-18-12-20(28)25-13-18/h10-11,14-18H,2-9,12-13H2,1H3,(H,25,28)(H,26,32)(H,30,31)/t14?,15?,16?,17?,18-/m1/s1. The van der Waals surface area contributed by atoms with Gasteiger partial charge in [0.2, 0.25) is 11.8 Å². The van der Waals surface area contributed by atoms with Gasteiger partial charge in [-0.1, -0.05) is 6.92 Å². The van der Waals surface area contributed by atoms with Crippen molar-refractivity contribution in [3.63, 3.8) is 0 Å². The Hall–Kier alpha value is -2.62. The van der Waals surface area contributed by atoms with Gasteiger partial charge in [-0.2, -0.15) is 0 Å². The fraction of sp³-hybridized carbons (Fsp3) is 0.667. The average molecular weight is 492 g/mol. The van der Waals surface area contributed by atoms with E-state index in [1.54, 1.807) is 16.3 Å². The molecule has 0 bridgehead atoms. The second-order valence-electron chi connectivity index (χ2n) is 9.79. The first-order valence-electron chi connectivity index (χ1n) is 12.2. The molecule has 1 aromatic rings. The van der Waals surface area contributed by atoms with Crippen LogP contribution in [0.25, 0.3) is 0 Å². The van der Waals surface area contributed by atoms with E-state index in [9.17, 15) is 24.3 Å². The van der Waals surface area contributed by atoms with Gasteiger partial charge in [-0.25, -0.2) is 9.59 Å². The molecule has 0 radical (unpaired) electrons. The SMILES string of the molecule is CC1CCC(C(=O)N(c2ccsc2C(=O)O)C2CCC(NC(=O)O[C@H]3CNC(=O)C3)CC2)CC1. The largest absolute Gasteiger partial charge is 0.477 e. The minimum atomic E-state index is -1.02. The summed E-state index contributed by atoms with van der Waals surface area (Å²) in [4.78, 5) is 51.0. The Kier molecular flexibility index (Phi) is 7.75. The lowest BCUT2D eigenvalue weighted by atomic mass is 9.81. The maximum absolute atomic E-state index is 13.7. The molecule has 3 aliphatic rings. The number of ether oxygens (including phenoxy) is 1. The number of carboxylic acids is 1. The average Bonchev–Trinajstić information content (AvgIpc) is 3.44. The van der Waals surface area contributed by atoms with Crippen LogP contribution >= 0.6 is 11.3 Å². The van der Waals surface area contributed by atoms with Gasteiger partial charge in [0.25, 0.3) is 0 Å². The quantitative estimate of drug-likeness (QED) is 0.559. The molecule has 1 aliphatic heterocycles. The van der Waals surface area contributed by atoms with Gasteiger partial charge in [0, 0.05) is 18.0 Å². The predicted molar refractivity (Wildman–Crippen MR) is 127 cm³/mol. The third kappa shape index (κ3) is 5.71. The summed E-state index contributed by atoms with van der Waals surface area (Å²) in [6, 6.07) is 1.56. The zero-order valence-corrected chi connectivity index (χ0v) is 20.3. The van der Waals surface area contributed by atoms with Gasteiger partial charge < -0.3 is 25.4 Å². The van der Waals surface area contributed by atoms with E-state index >= 15 is 0 Å². The summed E-state index contributed by atoms with van der Waals surface area (Å²) in [7, 11) is 0. The molecule has 0 unspecified atom stereocenters. The topological polar surface area (TPSA) is 125 Å². The maximum Gasteiger partial charge on any atom is 0.407 e. The molecule has 1 saturated heterocycles. The smallest absolute Gasteiger partial charge is 0.407 e. The van der Waals surface area contributed by atoms with Crippen molar-refractivity contribution >= 4 is 40.9 Å². The minimum Gasteiger partial charge on any atom is -0.477 e. The number of hydrogen-bond acceptors (Lipinski definition) is 6. The molecule has 3 N–H and O–H groups in total. The van der Waals surface area contributed by atoms with Gasteiger partial charge >= 0.3 is 12.1 Å². The Balaban J connectivity index is 1.40. The summed E-state index contributed by atoms with van der Waals surface area (Å²) in [6.07, 6.45) is 5.58. The molecule has 2 saturated carbocycles. The third-order valence-electron chi connectivity index (χ3n) is 7.30. The number of hydrogen-bond donors (Lipinski definition) is 3. The van der Waals surface area contributed by atoms with Crippen molar-refractivity contribution in [3.8, 4) is 0 Å². The van der Waals surface area contributed by atoms with Crippen LogP contribution in [-0.2, 0) is 14.3 Å². The van der Waals surface area contributed by atoms with Gasteiger partial charge in [-0.3, -0.25) is 9.59 Å². The summed E-state index contributed by atoms with van der Waals surface area (Å²) >= 11 is 1.14. The van der Waals surface area contributed by atoms with Crippen LogP contribution in [0.5, 0.6) is 0 Å². The van der Waals surface area contributed by atoms with Crippen molar-refractivity contribution in [2.75, 3.05) is 11.4 Å². The number of rotatable bonds is 6. The van der Waals surface area contributed by atoms with Gasteiger partial charge in [0.1, 0.15) is 11.0 Å². The molecule has 186 valence electrons. The Morgan fingerprint density at radius 1 is 1.12 bits per heavy atom. The van der Waals surface area contributed by atoms with Gasteiger partial charge in [-0.15, -0.1) is 11.3 Å². The van der Waals surface area contributed by atoms with Crippen LogP contribution in [0.3, 0.4) is 0 Å². The molecule has 10 heteroatoms. The molecule has 1 atom stereocenters. The van der Waals surface area contributed by atoms with E-state index in [1.807, 2.05) is 0 Å². The van der Waals surface area contributed by atoms with E-state index in [0.717, 1.165) is 37.0 Å². The highest BCUT2D eigenvalue weighted by molar-refractivity contribution is 7.12. The highest BCUT2D eigenvalue weighted by atomic mass is 32.1. The first-order valence-corrected chi connectivity index (χ1v) is 13.1. The number of aromatic carboxylic acids is 1. The molecule has 0 spiro atoms. The van der Waals surface area contributed by atoms with Crippen molar-refractivity contribution in [1.82, 2.24) is 10.6 Å². The summed E-state index contributed by atoms with van der Waals surface area (Å²) in [5.41, 5.74) is 0.496. The monoisotopic (exact) mass is 491 g/mol. The van der Waals surface area contributed by atoms with E-state index in [0.29, 0.717) is 43.8 Å².